The van der Waals surface area contributed by atoms with Crippen molar-refractivity contribution in [3.8, 4) is 0 Å². The summed E-state index contributed by atoms with van der Waals surface area (Å²) in [6.07, 6.45) is 5.71. The summed E-state index contributed by atoms with van der Waals surface area (Å²) in [4.78, 5) is 25.6. The molecule has 1 saturated heterocycles. The highest BCUT2D eigenvalue weighted by atomic mass is 16.5. The minimum Gasteiger partial charge on any atom is -0.469 e. The maximum atomic E-state index is 12.3. The van der Waals surface area contributed by atoms with Gasteiger partial charge >= 0.3 is 5.97 Å². The smallest absolute Gasteiger partial charge is 0.307 e. The molecule has 5 nitrogen and oxygen atoms in total. The molecule has 0 radical (unpaired) electrons. The average Bonchev–Trinajstić information content (AvgIpc) is 2.45. The van der Waals surface area contributed by atoms with Crippen LogP contribution in [0.4, 0.5) is 0 Å². The lowest BCUT2D eigenvalue weighted by molar-refractivity contribution is -0.144. The van der Waals surface area contributed by atoms with Crippen LogP contribution in [0.2, 0.25) is 0 Å². The van der Waals surface area contributed by atoms with E-state index in [0.717, 1.165) is 38.6 Å². The van der Waals surface area contributed by atoms with Gasteiger partial charge in [-0.15, -0.1) is 0 Å². The van der Waals surface area contributed by atoms with Crippen LogP contribution in [0.15, 0.2) is 0 Å². The van der Waals surface area contributed by atoms with Crippen molar-refractivity contribution in [2.24, 2.45) is 11.7 Å². The highest BCUT2D eigenvalue weighted by molar-refractivity contribution is 5.78. The normalized spacial score (nSPS) is 20.6. The first kappa shape index (κ1) is 17.0. The second kappa shape index (κ2) is 8.95. The van der Waals surface area contributed by atoms with Gasteiger partial charge in [0.25, 0.3) is 0 Å². The van der Waals surface area contributed by atoms with Crippen LogP contribution in [0.1, 0.15) is 51.9 Å². The zero-order valence-corrected chi connectivity index (χ0v) is 12.8. The molecule has 0 aromatic heterocycles. The average molecular weight is 284 g/mol. The monoisotopic (exact) mass is 284 g/mol. The van der Waals surface area contributed by atoms with Crippen LogP contribution in [-0.4, -0.2) is 43.0 Å². The highest BCUT2D eigenvalue weighted by Gasteiger charge is 2.28. The van der Waals surface area contributed by atoms with Crippen molar-refractivity contribution >= 4 is 11.9 Å². The maximum Gasteiger partial charge on any atom is 0.307 e. The van der Waals surface area contributed by atoms with Crippen LogP contribution in [-0.2, 0) is 14.3 Å². The summed E-state index contributed by atoms with van der Waals surface area (Å²) >= 11 is 0. The van der Waals surface area contributed by atoms with Crippen molar-refractivity contribution in [2.75, 3.05) is 20.2 Å². The van der Waals surface area contributed by atoms with E-state index in [4.69, 9.17) is 10.5 Å². The molecule has 0 aromatic rings. The summed E-state index contributed by atoms with van der Waals surface area (Å²) in [5, 5.41) is 0. The number of hydrogen-bond acceptors (Lipinski definition) is 4. The van der Waals surface area contributed by atoms with Crippen molar-refractivity contribution in [2.45, 2.75) is 57.9 Å². The number of likely N-dealkylation sites (tertiary alicyclic amines) is 1. The molecule has 0 aliphatic carbocycles. The van der Waals surface area contributed by atoms with Crippen molar-refractivity contribution in [3.63, 3.8) is 0 Å². The van der Waals surface area contributed by atoms with Gasteiger partial charge in [0.2, 0.25) is 5.91 Å². The number of hydrogen-bond donors (Lipinski definition) is 1. The van der Waals surface area contributed by atoms with Gasteiger partial charge in [0.05, 0.1) is 13.5 Å². The molecule has 20 heavy (non-hydrogen) atoms. The predicted molar refractivity (Wildman–Crippen MR) is 78.1 cm³/mol. The Labute approximate surface area is 121 Å². The Morgan fingerprint density at radius 2 is 2.10 bits per heavy atom. The molecule has 2 N–H and O–H groups in total. The fourth-order valence-corrected chi connectivity index (χ4v) is 2.76. The Kier molecular flexibility index (Phi) is 7.59. The molecule has 0 bridgehead atoms. The van der Waals surface area contributed by atoms with Crippen LogP contribution in [0.5, 0.6) is 0 Å². The molecule has 2 unspecified atom stereocenters. The molecule has 5 heteroatoms. The summed E-state index contributed by atoms with van der Waals surface area (Å²) in [7, 11) is 1.39. The lowest BCUT2D eigenvalue weighted by Crippen LogP contribution is -2.44. The molecule has 0 aromatic carbocycles. The van der Waals surface area contributed by atoms with Gasteiger partial charge in [-0.25, -0.2) is 0 Å². The summed E-state index contributed by atoms with van der Waals surface area (Å²) in [5.74, 6) is 0.418. The van der Waals surface area contributed by atoms with Crippen LogP contribution < -0.4 is 5.73 Å². The Morgan fingerprint density at radius 3 is 2.75 bits per heavy atom. The number of rotatable bonds is 7. The number of esters is 1. The Balaban J connectivity index is 2.47. The third-order valence-corrected chi connectivity index (χ3v) is 4.09. The minimum absolute atomic E-state index is 0.0218. The summed E-state index contributed by atoms with van der Waals surface area (Å²) in [5.41, 5.74) is 5.52. The summed E-state index contributed by atoms with van der Waals surface area (Å²) in [6.45, 7) is 3.57. The standard InChI is InChI=1S/C15H28N2O3/c1-12(8-9-16)6-7-14(18)17-10-4-3-5-13(17)11-15(19)20-2/h12-13H,3-11,16H2,1-2H3. The van der Waals surface area contributed by atoms with Gasteiger partial charge in [0.15, 0.2) is 0 Å². The summed E-state index contributed by atoms with van der Waals surface area (Å²) in [6, 6.07) is 0.0218. The molecule has 0 saturated carbocycles. The lowest BCUT2D eigenvalue weighted by Gasteiger charge is -2.35. The minimum atomic E-state index is -0.230. The molecule has 0 spiro atoms. The van der Waals surface area contributed by atoms with E-state index in [1.165, 1.54) is 7.11 Å². The third kappa shape index (κ3) is 5.49. The van der Waals surface area contributed by atoms with Crippen molar-refractivity contribution in [1.82, 2.24) is 4.90 Å². The van der Waals surface area contributed by atoms with Crippen LogP contribution in [0, 0.1) is 5.92 Å². The largest absolute Gasteiger partial charge is 0.469 e. The molecule has 2 atom stereocenters. The quantitative estimate of drug-likeness (QED) is 0.722. The van der Waals surface area contributed by atoms with Gasteiger partial charge in [-0.05, 0) is 44.6 Å². The van der Waals surface area contributed by atoms with E-state index in [1.807, 2.05) is 4.90 Å². The Bertz CT molecular complexity index is 320. The van der Waals surface area contributed by atoms with Crippen LogP contribution in [0.25, 0.3) is 0 Å². The van der Waals surface area contributed by atoms with Gasteiger partial charge < -0.3 is 15.4 Å². The molecule has 116 valence electrons. The fraction of sp³-hybridized carbons (Fsp3) is 0.867. The van der Waals surface area contributed by atoms with Crippen molar-refractivity contribution in [3.05, 3.63) is 0 Å². The molecular weight excluding hydrogens is 256 g/mol. The van der Waals surface area contributed by atoms with E-state index in [2.05, 4.69) is 6.92 Å². The van der Waals surface area contributed by atoms with Gasteiger partial charge in [-0.3, -0.25) is 9.59 Å². The first-order chi connectivity index (χ1) is 9.58. The molecule has 1 fully saturated rings. The molecule has 1 rings (SSSR count). The number of carbonyl (C=O) groups is 2. The number of amides is 1. The van der Waals surface area contributed by atoms with Crippen LogP contribution >= 0.6 is 0 Å². The number of nitrogens with zero attached hydrogens (tertiary/aromatic N) is 1. The van der Waals surface area contributed by atoms with E-state index in [9.17, 15) is 9.59 Å². The van der Waals surface area contributed by atoms with Gasteiger partial charge in [-0.2, -0.15) is 0 Å². The zero-order chi connectivity index (χ0) is 15.0. The van der Waals surface area contributed by atoms with E-state index in [-0.39, 0.29) is 17.9 Å². The second-order valence-electron chi connectivity index (χ2n) is 5.74. The van der Waals surface area contributed by atoms with Crippen LogP contribution in [0.3, 0.4) is 0 Å². The number of ether oxygens (including phenoxy) is 1. The van der Waals surface area contributed by atoms with Gasteiger partial charge in [0.1, 0.15) is 0 Å². The number of carbonyl (C=O) groups excluding carboxylic acids is 2. The van der Waals surface area contributed by atoms with Gasteiger partial charge in [0, 0.05) is 19.0 Å². The summed E-state index contributed by atoms with van der Waals surface area (Å²) < 4.78 is 4.72. The first-order valence-corrected chi connectivity index (χ1v) is 7.64. The number of piperidine rings is 1. The van der Waals surface area contributed by atoms with E-state index < -0.39 is 0 Å². The second-order valence-corrected chi connectivity index (χ2v) is 5.74. The zero-order valence-electron chi connectivity index (χ0n) is 12.8. The molecular formula is C15H28N2O3. The highest BCUT2D eigenvalue weighted by Crippen LogP contribution is 2.22. The molecule has 1 amide bonds. The predicted octanol–water partition coefficient (Wildman–Crippen LogP) is 1.70. The molecule has 1 aliphatic rings. The topological polar surface area (TPSA) is 72.6 Å². The maximum absolute atomic E-state index is 12.3. The fourth-order valence-electron chi connectivity index (χ4n) is 2.76. The lowest BCUT2D eigenvalue weighted by atomic mass is 9.97. The number of nitrogens with two attached hydrogens (primary N) is 1. The van der Waals surface area contributed by atoms with Crippen molar-refractivity contribution in [1.29, 1.82) is 0 Å². The van der Waals surface area contributed by atoms with E-state index >= 15 is 0 Å². The van der Waals surface area contributed by atoms with E-state index in [1.54, 1.807) is 0 Å². The van der Waals surface area contributed by atoms with E-state index in [0.29, 0.717) is 25.3 Å². The Hall–Kier alpha value is -1.10. The third-order valence-electron chi connectivity index (χ3n) is 4.09. The van der Waals surface area contributed by atoms with Crippen molar-refractivity contribution < 1.29 is 14.3 Å². The molecule has 1 heterocycles. The first-order valence-electron chi connectivity index (χ1n) is 7.64. The number of methoxy groups -OCH3 is 1. The SMILES string of the molecule is COC(=O)CC1CCCCN1C(=O)CCC(C)CCN. The van der Waals surface area contributed by atoms with Gasteiger partial charge in [-0.1, -0.05) is 6.92 Å². The Morgan fingerprint density at radius 1 is 1.35 bits per heavy atom. The molecule has 1 aliphatic heterocycles.